The Labute approximate surface area is 128 Å². The highest BCUT2D eigenvalue weighted by Crippen LogP contribution is 2.27. The smallest absolute Gasteiger partial charge is 0.221 e. The van der Waals surface area contributed by atoms with Crippen molar-refractivity contribution < 1.29 is 4.79 Å². The van der Waals surface area contributed by atoms with Gasteiger partial charge in [-0.05, 0) is 68.5 Å². The first-order valence-corrected chi connectivity index (χ1v) is 8.27. The molecule has 1 aliphatic rings. The average Bonchev–Trinajstić information content (AvgIpc) is 2.45. The van der Waals surface area contributed by atoms with E-state index in [1.54, 1.807) is 6.92 Å². The molecule has 0 radical (unpaired) electrons. The number of nitrogens with one attached hydrogen (secondary N) is 1. The number of carbonyl (C=O) groups excluding carboxylic acids is 1. The van der Waals surface area contributed by atoms with Gasteiger partial charge in [0.15, 0.2) is 0 Å². The largest absolute Gasteiger partial charge is 0.326 e. The number of nitrogens with zero attached hydrogens (tertiary/aromatic N) is 1. The van der Waals surface area contributed by atoms with E-state index in [1.807, 2.05) is 6.07 Å². The molecule has 0 unspecified atom stereocenters. The number of aryl methyl sites for hydroxylation is 1. The van der Waals surface area contributed by atoms with E-state index in [4.69, 9.17) is 0 Å². The molecule has 1 atom stereocenters. The minimum Gasteiger partial charge on any atom is -0.326 e. The van der Waals surface area contributed by atoms with Crippen molar-refractivity contribution in [3.8, 4) is 0 Å². The van der Waals surface area contributed by atoms with Crippen LogP contribution in [0.5, 0.6) is 0 Å². The van der Waals surface area contributed by atoms with Gasteiger partial charge in [0.25, 0.3) is 0 Å². The molecule has 1 amide bonds. The zero-order valence-corrected chi connectivity index (χ0v) is 13.6. The molecular weight excluding hydrogens is 260 g/mol. The zero-order valence-electron chi connectivity index (χ0n) is 13.6. The van der Waals surface area contributed by atoms with E-state index < -0.39 is 0 Å². The number of benzene rings is 1. The number of hydrogen-bond acceptors (Lipinski definition) is 2. The van der Waals surface area contributed by atoms with Gasteiger partial charge in [0.1, 0.15) is 0 Å². The number of anilines is 1. The van der Waals surface area contributed by atoms with E-state index in [0.717, 1.165) is 18.5 Å². The maximum absolute atomic E-state index is 11.2. The summed E-state index contributed by atoms with van der Waals surface area (Å²) in [5.74, 6) is 0.000835. The monoisotopic (exact) mass is 288 g/mol. The van der Waals surface area contributed by atoms with Crippen molar-refractivity contribution in [1.82, 2.24) is 4.90 Å². The van der Waals surface area contributed by atoms with E-state index in [9.17, 15) is 4.79 Å². The van der Waals surface area contributed by atoms with Gasteiger partial charge in [0.05, 0.1) is 0 Å². The fourth-order valence-corrected chi connectivity index (χ4v) is 3.38. The van der Waals surface area contributed by atoms with Crippen LogP contribution in [0.3, 0.4) is 0 Å². The molecule has 0 heterocycles. The molecule has 0 bridgehead atoms. The summed E-state index contributed by atoms with van der Waals surface area (Å²) in [7, 11) is 0. The van der Waals surface area contributed by atoms with Gasteiger partial charge in [-0.25, -0.2) is 0 Å². The van der Waals surface area contributed by atoms with Crippen molar-refractivity contribution in [1.29, 1.82) is 0 Å². The Hall–Kier alpha value is -1.35. The third-order valence-electron chi connectivity index (χ3n) is 4.27. The SMILES string of the molecule is CCCN(CCC)[C@H]1CCc2ccc(NC(C)=O)cc2C1. The van der Waals surface area contributed by atoms with Gasteiger partial charge in [-0.3, -0.25) is 4.79 Å². The molecule has 21 heavy (non-hydrogen) atoms. The molecule has 1 aromatic rings. The molecule has 3 nitrogen and oxygen atoms in total. The molecule has 116 valence electrons. The summed E-state index contributed by atoms with van der Waals surface area (Å²) in [5.41, 5.74) is 3.79. The lowest BCUT2D eigenvalue weighted by atomic mass is 9.87. The predicted octanol–water partition coefficient (Wildman–Crippen LogP) is 3.62. The first kappa shape index (κ1) is 16.0. The lowest BCUT2D eigenvalue weighted by Gasteiger charge is -2.35. The number of fused-ring (bicyclic) bond motifs is 1. The molecule has 1 aromatic carbocycles. The minimum absolute atomic E-state index is 0.000835. The maximum atomic E-state index is 11.2. The van der Waals surface area contributed by atoms with Crippen LogP contribution >= 0.6 is 0 Å². The second kappa shape index (κ2) is 7.60. The van der Waals surface area contributed by atoms with Crippen molar-refractivity contribution in [2.24, 2.45) is 0 Å². The summed E-state index contributed by atoms with van der Waals surface area (Å²) in [6, 6.07) is 7.03. The van der Waals surface area contributed by atoms with Crippen LogP contribution in [0.2, 0.25) is 0 Å². The molecule has 0 fully saturated rings. The van der Waals surface area contributed by atoms with Gasteiger partial charge in [0, 0.05) is 18.7 Å². The van der Waals surface area contributed by atoms with Crippen molar-refractivity contribution >= 4 is 11.6 Å². The Morgan fingerprint density at radius 1 is 1.24 bits per heavy atom. The van der Waals surface area contributed by atoms with Crippen molar-refractivity contribution in [3.05, 3.63) is 29.3 Å². The topological polar surface area (TPSA) is 32.3 Å². The highest BCUT2D eigenvalue weighted by molar-refractivity contribution is 5.88. The van der Waals surface area contributed by atoms with Gasteiger partial charge in [-0.1, -0.05) is 19.9 Å². The van der Waals surface area contributed by atoms with E-state index in [-0.39, 0.29) is 5.91 Å². The van der Waals surface area contributed by atoms with Gasteiger partial charge in [-0.2, -0.15) is 0 Å². The van der Waals surface area contributed by atoms with Gasteiger partial charge < -0.3 is 10.2 Å². The van der Waals surface area contributed by atoms with Crippen molar-refractivity contribution in [3.63, 3.8) is 0 Å². The molecule has 0 aliphatic heterocycles. The molecule has 1 aliphatic carbocycles. The number of amides is 1. The second-order valence-corrected chi connectivity index (χ2v) is 6.10. The van der Waals surface area contributed by atoms with E-state index in [2.05, 4.69) is 36.2 Å². The molecule has 3 heteroatoms. The third kappa shape index (κ3) is 4.31. The van der Waals surface area contributed by atoms with Crippen LogP contribution in [-0.4, -0.2) is 29.9 Å². The van der Waals surface area contributed by atoms with E-state index in [1.165, 1.54) is 43.5 Å². The fourth-order valence-electron chi connectivity index (χ4n) is 3.38. The molecule has 0 saturated heterocycles. The van der Waals surface area contributed by atoms with Crippen LogP contribution in [0.15, 0.2) is 18.2 Å². The summed E-state index contributed by atoms with van der Waals surface area (Å²) in [6.07, 6.45) is 5.96. The Morgan fingerprint density at radius 3 is 2.57 bits per heavy atom. The maximum Gasteiger partial charge on any atom is 0.221 e. The fraction of sp³-hybridized carbons (Fsp3) is 0.611. The van der Waals surface area contributed by atoms with Gasteiger partial charge >= 0.3 is 0 Å². The predicted molar refractivity (Wildman–Crippen MR) is 88.7 cm³/mol. The van der Waals surface area contributed by atoms with E-state index >= 15 is 0 Å². The first-order chi connectivity index (χ1) is 10.1. The van der Waals surface area contributed by atoms with Gasteiger partial charge in [0.2, 0.25) is 5.91 Å². The van der Waals surface area contributed by atoms with Crippen LogP contribution in [-0.2, 0) is 17.6 Å². The van der Waals surface area contributed by atoms with Crippen molar-refractivity contribution in [2.75, 3.05) is 18.4 Å². The first-order valence-electron chi connectivity index (χ1n) is 8.27. The van der Waals surface area contributed by atoms with E-state index in [0.29, 0.717) is 6.04 Å². The van der Waals surface area contributed by atoms with Crippen LogP contribution in [0, 0.1) is 0 Å². The summed E-state index contributed by atoms with van der Waals surface area (Å²) < 4.78 is 0. The molecule has 0 aromatic heterocycles. The summed E-state index contributed by atoms with van der Waals surface area (Å²) in [5, 5.41) is 2.90. The highest BCUT2D eigenvalue weighted by Gasteiger charge is 2.23. The summed E-state index contributed by atoms with van der Waals surface area (Å²) in [6.45, 7) is 8.47. The standard InChI is InChI=1S/C18H28N2O/c1-4-10-20(11-5-2)18-9-7-15-6-8-17(19-14(3)21)12-16(15)13-18/h6,8,12,18H,4-5,7,9-11,13H2,1-3H3,(H,19,21)/t18-/m0/s1. The lowest BCUT2D eigenvalue weighted by molar-refractivity contribution is -0.114. The Morgan fingerprint density at radius 2 is 1.95 bits per heavy atom. The third-order valence-corrected chi connectivity index (χ3v) is 4.27. The Balaban J connectivity index is 2.11. The summed E-state index contributed by atoms with van der Waals surface area (Å²) in [4.78, 5) is 13.9. The highest BCUT2D eigenvalue weighted by atomic mass is 16.1. The number of rotatable bonds is 6. The molecule has 1 N–H and O–H groups in total. The van der Waals surface area contributed by atoms with Gasteiger partial charge in [-0.15, -0.1) is 0 Å². The molecule has 0 spiro atoms. The van der Waals surface area contributed by atoms with Crippen LogP contribution in [0.25, 0.3) is 0 Å². The Kier molecular flexibility index (Phi) is 5.80. The Bertz CT molecular complexity index is 478. The lowest BCUT2D eigenvalue weighted by Crippen LogP contribution is -2.40. The quantitative estimate of drug-likeness (QED) is 0.867. The normalized spacial score (nSPS) is 17.6. The molecule has 2 rings (SSSR count). The molecular formula is C18H28N2O. The van der Waals surface area contributed by atoms with Crippen LogP contribution in [0.1, 0.15) is 51.2 Å². The average molecular weight is 288 g/mol. The second-order valence-electron chi connectivity index (χ2n) is 6.10. The van der Waals surface area contributed by atoms with Crippen molar-refractivity contribution in [2.45, 2.75) is 58.9 Å². The summed E-state index contributed by atoms with van der Waals surface area (Å²) >= 11 is 0. The zero-order chi connectivity index (χ0) is 15.2. The van der Waals surface area contributed by atoms with Crippen LogP contribution < -0.4 is 5.32 Å². The van der Waals surface area contributed by atoms with Crippen LogP contribution in [0.4, 0.5) is 5.69 Å². The number of hydrogen-bond donors (Lipinski definition) is 1. The minimum atomic E-state index is 0.000835. The number of carbonyl (C=O) groups is 1. The molecule has 0 saturated carbocycles.